The molecule has 2 amide bonds. The number of carbonyl (C=O) groups is 3. The maximum atomic E-state index is 13.7. The highest BCUT2D eigenvalue weighted by molar-refractivity contribution is 6.31. The van der Waals surface area contributed by atoms with E-state index in [4.69, 9.17) is 22.1 Å². The molecule has 2 aromatic carbocycles. The molecule has 1 fully saturated rings. The number of nitrogens with one attached hydrogen (secondary N) is 1. The number of rotatable bonds is 6. The van der Waals surface area contributed by atoms with E-state index in [0.29, 0.717) is 27.4 Å². The Kier molecular flexibility index (Phi) is 5.71. The van der Waals surface area contributed by atoms with Crippen LogP contribution in [0.3, 0.4) is 0 Å². The van der Waals surface area contributed by atoms with Gasteiger partial charge in [-0.1, -0.05) is 41.9 Å². The first kappa shape index (κ1) is 22.5. The highest BCUT2D eigenvalue weighted by Gasteiger charge is 2.61. The van der Waals surface area contributed by atoms with E-state index >= 15 is 0 Å². The van der Waals surface area contributed by atoms with Gasteiger partial charge in [-0.15, -0.1) is 0 Å². The number of amides is 2. The summed E-state index contributed by atoms with van der Waals surface area (Å²) in [7, 11) is 0. The Labute approximate surface area is 195 Å². The average Bonchev–Trinajstić information content (AvgIpc) is 3.22. The molecule has 1 atom stereocenters. The number of benzene rings is 2. The van der Waals surface area contributed by atoms with Gasteiger partial charge in [0.25, 0.3) is 0 Å². The highest BCUT2D eigenvalue weighted by Crippen LogP contribution is 2.49. The summed E-state index contributed by atoms with van der Waals surface area (Å²) in [5.74, 6) is -2.08. The molecule has 1 unspecified atom stereocenters. The molecule has 170 valence electrons. The van der Waals surface area contributed by atoms with Crippen LogP contribution in [-0.2, 0) is 19.8 Å². The summed E-state index contributed by atoms with van der Waals surface area (Å²) in [6.07, 6.45) is 0.164. The summed E-state index contributed by atoms with van der Waals surface area (Å²) in [6.45, 7) is 1.24. The van der Waals surface area contributed by atoms with Gasteiger partial charge in [-0.3, -0.25) is 24.7 Å². The van der Waals surface area contributed by atoms with Crippen molar-refractivity contribution < 1.29 is 24.6 Å². The quantitative estimate of drug-likeness (QED) is 0.292. The normalized spacial score (nSPS) is 20.3. The van der Waals surface area contributed by atoms with Crippen molar-refractivity contribution in [3.8, 4) is 0 Å². The van der Waals surface area contributed by atoms with Crippen LogP contribution >= 0.6 is 11.6 Å². The van der Waals surface area contributed by atoms with Gasteiger partial charge in [-0.2, -0.15) is 0 Å². The Hall–Kier alpha value is -3.65. The third-order valence-corrected chi connectivity index (χ3v) is 6.42. The number of aliphatic carboxylic acids is 1. The number of carboxylic acid groups (broad SMARTS) is 1. The van der Waals surface area contributed by atoms with Crippen LogP contribution in [0.25, 0.3) is 0 Å². The van der Waals surface area contributed by atoms with Crippen LogP contribution in [0.5, 0.6) is 0 Å². The topological polar surface area (TPSA) is 125 Å². The van der Waals surface area contributed by atoms with E-state index in [9.17, 15) is 19.5 Å². The number of hydrogen-bond donors (Lipinski definition) is 2. The summed E-state index contributed by atoms with van der Waals surface area (Å²) in [5, 5.41) is 26.4. The van der Waals surface area contributed by atoms with Gasteiger partial charge in [0.05, 0.1) is 17.8 Å². The van der Waals surface area contributed by atoms with E-state index in [0.717, 1.165) is 4.90 Å². The first-order chi connectivity index (χ1) is 15.7. The predicted octanol–water partition coefficient (Wildman–Crippen LogP) is 2.31. The molecule has 8 nitrogen and oxygen atoms in total. The number of halogens is 1. The SMILES string of the molecule is C/C([OH2+])=C(\CN1CCC2(C1=O)C(=O)N(CC(=O)O)c1ccc(Cl)cc12)C(=N)c1ccccc1. The Balaban J connectivity index is 1.69. The van der Waals surface area contributed by atoms with Crippen LogP contribution in [0.1, 0.15) is 24.5 Å². The highest BCUT2D eigenvalue weighted by atomic mass is 35.5. The molecule has 0 aliphatic carbocycles. The minimum Gasteiger partial charge on any atom is -0.596 e. The zero-order valence-corrected chi connectivity index (χ0v) is 18.6. The largest absolute Gasteiger partial charge is 0.596 e. The van der Waals surface area contributed by atoms with Gasteiger partial charge in [0.2, 0.25) is 17.6 Å². The van der Waals surface area contributed by atoms with E-state index in [-0.39, 0.29) is 31.0 Å². The smallest absolute Gasteiger partial charge is 0.323 e. The zero-order valence-electron chi connectivity index (χ0n) is 17.9. The maximum Gasteiger partial charge on any atom is 0.323 e. The second-order valence-corrected chi connectivity index (χ2v) is 8.61. The van der Waals surface area contributed by atoms with Crippen LogP contribution in [0, 0.1) is 5.41 Å². The number of fused-ring (bicyclic) bond motifs is 2. The minimum absolute atomic E-state index is 0.00571. The second-order valence-electron chi connectivity index (χ2n) is 8.17. The number of anilines is 1. The lowest BCUT2D eigenvalue weighted by Crippen LogP contribution is -2.48. The number of carboxylic acids is 1. The molecule has 4 rings (SSSR count). The minimum atomic E-state index is -1.55. The van der Waals surface area contributed by atoms with Crippen molar-refractivity contribution in [2.24, 2.45) is 0 Å². The van der Waals surface area contributed by atoms with Crippen molar-refractivity contribution in [3.05, 3.63) is 76.0 Å². The van der Waals surface area contributed by atoms with E-state index in [1.54, 1.807) is 49.4 Å². The molecule has 0 bridgehead atoms. The molecular formula is C24H23ClN3O5+. The van der Waals surface area contributed by atoms with Gasteiger partial charge < -0.3 is 15.1 Å². The Morgan fingerprint density at radius 2 is 1.85 bits per heavy atom. The third-order valence-electron chi connectivity index (χ3n) is 6.19. The molecule has 1 saturated heterocycles. The molecule has 0 saturated carbocycles. The summed E-state index contributed by atoms with van der Waals surface area (Å²) < 4.78 is 0. The van der Waals surface area contributed by atoms with Crippen LogP contribution in [0.4, 0.5) is 5.69 Å². The fourth-order valence-electron chi connectivity index (χ4n) is 4.57. The lowest BCUT2D eigenvalue weighted by molar-refractivity contribution is -0.140. The molecule has 2 aliphatic heterocycles. The number of allylic oxidation sites excluding steroid dienone is 1. The van der Waals surface area contributed by atoms with Gasteiger partial charge in [0.1, 0.15) is 6.54 Å². The molecule has 1 spiro atoms. The molecule has 33 heavy (non-hydrogen) atoms. The summed E-state index contributed by atoms with van der Waals surface area (Å²) >= 11 is 6.17. The number of carbonyl (C=O) groups excluding carboxylic acids is 2. The zero-order chi connectivity index (χ0) is 23.9. The van der Waals surface area contributed by atoms with Crippen molar-refractivity contribution in [2.45, 2.75) is 18.8 Å². The van der Waals surface area contributed by atoms with Gasteiger partial charge in [-0.25, -0.2) is 0 Å². The summed E-state index contributed by atoms with van der Waals surface area (Å²) in [4.78, 5) is 41.1. The molecule has 0 radical (unpaired) electrons. The summed E-state index contributed by atoms with van der Waals surface area (Å²) in [6, 6.07) is 13.6. The van der Waals surface area contributed by atoms with Crippen molar-refractivity contribution in [2.75, 3.05) is 24.5 Å². The van der Waals surface area contributed by atoms with Crippen molar-refractivity contribution >= 4 is 40.8 Å². The van der Waals surface area contributed by atoms with E-state index in [2.05, 4.69) is 0 Å². The average molecular weight is 469 g/mol. The van der Waals surface area contributed by atoms with Crippen LogP contribution in [0.15, 0.2) is 59.9 Å². The standard InChI is InChI=1S/C24H22ClN3O5/c1-14(29)17(21(26)15-5-3-2-4-6-15)12-27-10-9-24(22(27)32)18-11-16(25)7-8-19(18)28(23(24)33)13-20(30)31/h2-8,11,26,29H,9-10,12-13H2,1H3,(H,30,31)/p+1/b17-14-,26-21?. The van der Waals surface area contributed by atoms with Crippen molar-refractivity contribution in [1.29, 1.82) is 5.41 Å². The Morgan fingerprint density at radius 3 is 2.48 bits per heavy atom. The predicted molar refractivity (Wildman–Crippen MR) is 124 cm³/mol. The van der Waals surface area contributed by atoms with E-state index in [1.807, 2.05) is 6.07 Å². The van der Waals surface area contributed by atoms with Crippen LogP contribution < -0.4 is 4.90 Å². The van der Waals surface area contributed by atoms with E-state index < -0.39 is 29.7 Å². The van der Waals surface area contributed by atoms with Crippen LogP contribution in [0.2, 0.25) is 5.02 Å². The second kappa shape index (κ2) is 8.37. The first-order valence-electron chi connectivity index (χ1n) is 10.4. The Bertz CT molecular complexity index is 1210. The lowest BCUT2D eigenvalue weighted by atomic mass is 9.80. The van der Waals surface area contributed by atoms with Crippen molar-refractivity contribution in [1.82, 2.24) is 4.90 Å². The number of nitrogens with zero attached hydrogens (tertiary/aromatic N) is 2. The first-order valence-corrected chi connectivity index (χ1v) is 10.7. The molecule has 0 aromatic heterocycles. The number of hydrogen-bond acceptors (Lipinski definition) is 4. The van der Waals surface area contributed by atoms with E-state index in [1.165, 1.54) is 4.90 Å². The van der Waals surface area contributed by atoms with Gasteiger partial charge in [-0.05, 0) is 24.6 Å². The molecule has 4 N–H and O–H groups in total. The molecule has 2 aliphatic rings. The molecule has 9 heteroatoms. The van der Waals surface area contributed by atoms with Gasteiger partial charge >= 0.3 is 5.97 Å². The maximum absolute atomic E-state index is 13.7. The fourth-order valence-corrected chi connectivity index (χ4v) is 4.74. The monoisotopic (exact) mass is 468 g/mol. The van der Waals surface area contributed by atoms with Crippen molar-refractivity contribution in [3.63, 3.8) is 0 Å². The Morgan fingerprint density at radius 1 is 1.15 bits per heavy atom. The van der Waals surface area contributed by atoms with Crippen LogP contribution in [-0.4, -0.2) is 58.2 Å². The third kappa shape index (κ3) is 3.66. The van der Waals surface area contributed by atoms with Gasteiger partial charge in [0.15, 0.2) is 5.41 Å². The summed E-state index contributed by atoms with van der Waals surface area (Å²) in [5.41, 5.74) is 0.371. The molecular weight excluding hydrogens is 446 g/mol. The lowest BCUT2D eigenvalue weighted by Gasteiger charge is -2.24. The molecule has 2 aromatic rings. The van der Waals surface area contributed by atoms with Gasteiger partial charge in [0, 0.05) is 35.3 Å². The fraction of sp³-hybridized carbons (Fsp3) is 0.250. The molecule has 2 heterocycles. The number of likely N-dealkylation sites (tertiary alicyclic amines) is 1.